The SMILES string of the molecule is CN(C)c1nc2n(C)c(-c3ccccc3)c(-c3ccccc3)nc-2c(=O)n1. The zero-order valence-electron chi connectivity index (χ0n) is 15.4. The number of benzene rings is 2. The summed E-state index contributed by atoms with van der Waals surface area (Å²) >= 11 is 0. The molecule has 0 spiro atoms. The summed E-state index contributed by atoms with van der Waals surface area (Å²) in [6, 6.07) is 19.8. The van der Waals surface area contributed by atoms with Crippen LogP contribution in [0.1, 0.15) is 0 Å². The van der Waals surface area contributed by atoms with Crippen molar-refractivity contribution in [3.63, 3.8) is 0 Å². The summed E-state index contributed by atoms with van der Waals surface area (Å²) in [6.07, 6.45) is 0. The van der Waals surface area contributed by atoms with Crippen LogP contribution in [0.25, 0.3) is 34.0 Å². The normalized spacial score (nSPS) is 10.9. The minimum Gasteiger partial charge on any atom is -0.347 e. The van der Waals surface area contributed by atoms with Crippen LogP contribution >= 0.6 is 0 Å². The van der Waals surface area contributed by atoms with Gasteiger partial charge in [-0.05, 0) is 0 Å². The lowest BCUT2D eigenvalue weighted by molar-refractivity contribution is 0.846. The molecule has 2 aromatic carbocycles. The molecule has 2 heterocycles. The number of anilines is 1. The standard InChI is InChI=1S/C21H19N5O/c1-25(2)21-23-19-17(20(27)24-21)22-16(14-10-6-4-7-11-14)18(26(19)3)15-12-8-5-9-13-15/h4-13H,1-3H3. The zero-order chi connectivity index (χ0) is 19.0. The highest BCUT2D eigenvalue weighted by atomic mass is 16.1. The third-order valence-electron chi connectivity index (χ3n) is 4.42. The molecule has 2 aliphatic heterocycles. The van der Waals surface area contributed by atoms with Gasteiger partial charge in [0.2, 0.25) is 5.95 Å². The second kappa shape index (κ2) is 6.64. The first-order valence-corrected chi connectivity index (χ1v) is 8.63. The van der Waals surface area contributed by atoms with Crippen LogP contribution in [0.3, 0.4) is 0 Å². The smallest absolute Gasteiger partial charge is 0.302 e. The predicted molar refractivity (Wildman–Crippen MR) is 107 cm³/mol. The Bertz CT molecular complexity index is 1120. The summed E-state index contributed by atoms with van der Waals surface area (Å²) in [5.74, 6) is 0.883. The van der Waals surface area contributed by atoms with Crippen molar-refractivity contribution in [3.8, 4) is 34.0 Å². The fourth-order valence-corrected chi connectivity index (χ4v) is 3.10. The molecule has 0 saturated heterocycles. The van der Waals surface area contributed by atoms with Crippen molar-refractivity contribution in [2.24, 2.45) is 7.05 Å². The van der Waals surface area contributed by atoms with E-state index >= 15 is 0 Å². The third-order valence-corrected chi connectivity index (χ3v) is 4.42. The molecule has 0 saturated carbocycles. The van der Waals surface area contributed by atoms with E-state index < -0.39 is 0 Å². The Morgan fingerprint density at radius 3 is 1.96 bits per heavy atom. The number of hydrogen-bond acceptors (Lipinski definition) is 5. The Morgan fingerprint density at radius 1 is 0.778 bits per heavy atom. The number of fused-ring (bicyclic) bond motifs is 1. The average molecular weight is 357 g/mol. The second-order valence-corrected chi connectivity index (χ2v) is 6.50. The van der Waals surface area contributed by atoms with E-state index in [4.69, 9.17) is 4.98 Å². The molecule has 2 aliphatic rings. The highest BCUT2D eigenvalue weighted by molar-refractivity contribution is 5.81. The molecule has 0 radical (unpaired) electrons. The van der Waals surface area contributed by atoms with Gasteiger partial charge in [-0.2, -0.15) is 9.97 Å². The van der Waals surface area contributed by atoms with E-state index in [1.54, 1.807) is 4.90 Å². The Labute approximate surface area is 157 Å². The predicted octanol–water partition coefficient (Wildman–Crippen LogP) is 3.08. The average Bonchev–Trinajstić information content (AvgIpc) is 2.69. The summed E-state index contributed by atoms with van der Waals surface area (Å²) in [5.41, 5.74) is 3.46. The number of nitrogens with zero attached hydrogens (tertiary/aromatic N) is 5. The molecule has 4 rings (SSSR count). The van der Waals surface area contributed by atoms with Crippen LogP contribution in [0, 0.1) is 0 Å². The van der Waals surface area contributed by atoms with Gasteiger partial charge in [-0.3, -0.25) is 4.79 Å². The topological polar surface area (TPSA) is 63.9 Å². The van der Waals surface area contributed by atoms with E-state index in [0.29, 0.717) is 11.8 Å². The van der Waals surface area contributed by atoms with Gasteiger partial charge >= 0.3 is 5.56 Å². The largest absolute Gasteiger partial charge is 0.347 e. The molecule has 2 aromatic rings. The highest BCUT2D eigenvalue weighted by Crippen LogP contribution is 2.33. The Hall–Kier alpha value is -3.54. The van der Waals surface area contributed by atoms with Crippen molar-refractivity contribution in [1.29, 1.82) is 0 Å². The van der Waals surface area contributed by atoms with Crippen LogP contribution < -0.4 is 10.5 Å². The maximum absolute atomic E-state index is 12.6. The van der Waals surface area contributed by atoms with Gasteiger partial charge in [-0.1, -0.05) is 60.7 Å². The monoisotopic (exact) mass is 357 g/mol. The summed E-state index contributed by atoms with van der Waals surface area (Å²) in [6.45, 7) is 0. The van der Waals surface area contributed by atoms with Crippen LogP contribution in [-0.2, 0) is 7.05 Å². The third kappa shape index (κ3) is 2.95. The van der Waals surface area contributed by atoms with Crippen molar-refractivity contribution >= 4 is 5.95 Å². The molecule has 0 aromatic heterocycles. The van der Waals surface area contributed by atoms with Crippen molar-refractivity contribution in [1.82, 2.24) is 19.5 Å². The van der Waals surface area contributed by atoms with Gasteiger partial charge in [0.1, 0.15) is 0 Å². The van der Waals surface area contributed by atoms with Gasteiger partial charge in [0.05, 0.1) is 11.4 Å². The van der Waals surface area contributed by atoms with E-state index in [9.17, 15) is 4.79 Å². The Morgan fingerprint density at radius 2 is 1.37 bits per heavy atom. The van der Waals surface area contributed by atoms with E-state index in [0.717, 1.165) is 22.5 Å². The first-order valence-electron chi connectivity index (χ1n) is 8.63. The summed E-state index contributed by atoms with van der Waals surface area (Å²) in [7, 11) is 5.53. The summed E-state index contributed by atoms with van der Waals surface area (Å²) in [5, 5.41) is 0. The van der Waals surface area contributed by atoms with Crippen molar-refractivity contribution in [2.45, 2.75) is 0 Å². The van der Waals surface area contributed by atoms with Gasteiger partial charge in [-0.25, -0.2) is 4.98 Å². The lowest BCUT2D eigenvalue weighted by atomic mass is 10.0. The van der Waals surface area contributed by atoms with Gasteiger partial charge in [-0.15, -0.1) is 0 Å². The van der Waals surface area contributed by atoms with Crippen LogP contribution in [0.5, 0.6) is 0 Å². The molecular weight excluding hydrogens is 338 g/mol. The van der Waals surface area contributed by atoms with E-state index in [2.05, 4.69) is 9.97 Å². The first kappa shape index (κ1) is 16.9. The van der Waals surface area contributed by atoms with Gasteiger partial charge < -0.3 is 9.47 Å². The number of rotatable bonds is 3. The minimum atomic E-state index is -0.379. The molecular formula is C21H19N5O. The summed E-state index contributed by atoms with van der Waals surface area (Å²) in [4.78, 5) is 27.7. The van der Waals surface area contributed by atoms with Gasteiger partial charge in [0.25, 0.3) is 0 Å². The highest BCUT2D eigenvalue weighted by Gasteiger charge is 2.23. The van der Waals surface area contributed by atoms with Crippen molar-refractivity contribution in [3.05, 3.63) is 71.0 Å². The molecule has 0 unspecified atom stereocenters. The molecule has 6 nitrogen and oxygen atoms in total. The van der Waals surface area contributed by atoms with E-state index in [1.165, 1.54) is 0 Å². The molecule has 0 fully saturated rings. The molecule has 6 heteroatoms. The van der Waals surface area contributed by atoms with Crippen molar-refractivity contribution in [2.75, 3.05) is 19.0 Å². The number of aromatic nitrogens is 4. The van der Waals surface area contributed by atoms with Crippen LogP contribution in [-0.4, -0.2) is 33.6 Å². The van der Waals surface area contributed by atoms with Crippen molar-refractivity contribution < 1.29 is 0 Å². The van der Waals surface area contributed by atoms with Gasteiger partial charge in [0.15, 0.2) is 11.5 Å². The van der Waals surface area contributed by atoms with Crippen LogP contribution in [0.2, 0.25) is 0 Å². The molecule has 0 bridgehead atoms. The number of hydrogen-bond donors (Lipinski definition) is 0. The lowest BCUT2D eigenvalue weighted by Gasteiger charge is -2.20. The van der Waals surface area contributed by atoms with Crippen LogP contribution in [0.15, 0.2) is 65.5 Å². The minimum absolute atomic E-state index is 0.265. The van der Waals surface area contributed by atoms with E-state index in [-0.39, 0.29) is 11.3 Å². The molecule has 27 heavy (non-hydrogen) atoms. The quantitative estimate of drug-likeness (QED) is 0.564. The summed E-state index contributed by atoms with van der Waals surface area (Å²) < 4.78 is 1.93. The zero-order valence-corrected chi connectivity index (χ0v) is 15.4. The Balaban J connectivity index is 2.13. The van der Waals surface area contributed by atoms with Gasteiger partial charge in [0, 0.05) is 32.3 Å². The Kier molecular flexibility index (Phi) is 4.16. The second-order valence-electron chi connectivity index (χ2n) is 6.50. The maximum Gasteiger partial charge on any atom is 0.302 e. The molecule has 134 valence electrons. The molecule has 0 N–H and O–H groups in total. The van der Waals surface area contributed by atoms with E-state index in [1.807, 2.05) is 86.4 Å². The maximum atomic E-state index is 12.6. The van der Waals surface area contributed by atoms with Crippen LogP contribution in [0.4, 0.5) is 5.95 Å². The molecule has 0 aliphatic carbocycles. The lowest BCUT2D eigenvalue weighted by Crippen LogP contribution is -2.25. The first-order chi connectivity index (χ1) is 13.1. The fraction of sp³-hybridized carbons (Fsp3) is 0.143. The molecule has 0 atom stereocenters. The molecule has 0 amide bonds. The fourth-order valence-electron chi connectivity index (χ4n) is 3.10.